The Bertz CT molecular complexity index is 1570. The smallest absolute Gasteiger partial charge is 0.338 e. The summed E-state index contributed by atoms with van der Waals surface area (Å²) in [6, 6.07) is 9.22. The molecule has 43 heavy (non-hydrogen) atoms. The van der Waals surface area contributed by atoms with Crippen LogP contribution in [0.3, 0.4) is 0 Å². The number of rotatable bonds is 10. The highest BCUT2D eigenvalue weighted by atomic mass is 79.9. The van der Waals surface area contributed by atoms with E-state index in [1.54, 1.807) is 43.5 Å². The number of ether oxygens (including phenoxy) is 1. The number of aliphatic imine (C=N–C) groups is 1. The molecule has 2 aliphatic rings. The molecule has 0 amide bonds. The van der Waals surface area contributed by atoms with Crippen molar-refractivity contribution in [1.29, 1.82) is 0 Å². The van der Waals surface area contributed by atoms with E-state index in [9.17, 15) is 23.9 Å². The first-order chi connectivity index (χ1) is 20.8. The van der Waals surface area contributed by atoms with Crippen molar-refractivity contribution in [3.05, 3.63) is 97.3 Å². The van der Waals surface area contributed by atoms with E-state index >= 15 is 0 Å². The number of carboxylic acid groups (broad SMARTS) is 1. The first-order valence-corrected chi connectivity index (χ1v) is 15.3. The molecule has 0 bridgehead atoms. The largest absolute Gasteiger partial charge is 0.480 e. The molecule has 1 fully saturated rings. The molecular formula is C30H29BrFN5O5S. The van der Waals surface area contributed by atoms with Gasteiger partial charge in [-0.25, -0.2) is 14.2 Å². The predicted octanol–water partition coefficient (Wildman–Crippen LogP) is 4.21. The number of aldehydes is 1. The number of carboxylic acids is 1. The lowest BCUT2D eigenvalue weighted by Gasteiger charge is -2.39. The maximum atomic E-state index is 14.0. The zero-order valence-electron chi connectivity index (χ0n) is 23.2. The first-order valence-electron chi connectivity index (χ1n) is 13.6. The maximum absolute atomic E-state index is 14.0. The molecule has 0 spiro atoms. The molecule has 2 aliphatic heterocycles. The van der Waals surface area contributed by atoms with Crippen LogP contribution in [0.2, 0.25) is 0 Å². The van der Waals surface area contributed by atoms with Gasteiger partial charge in [0, 0.05) is 60.0 Å². The number of aromatic nitrogens is 1. The highest BCUT2D eigenvalue weighted by molar-refractivity contribution is 9.10. The Morgan fingerprint density at radius 3 is 2.67 bits per heavy atom. The SMILES string of the molecule is CCOC(=O)C1=C(CN2CCN(C(C(=O)O)c3cccc(C=O)c3)CC2)NC(c2nccs2)=NC1c1ccc(F)cc1Br. The summed E-state index contributed by atoms with van der Waals surface area (Å²) in [7, 11) is 0. The molecule has 3 aromatic rings. The molecule has 0 radical (unpaired) electrons. The van der Waals surface area contributed by atoms with Crippen molar-refractivity contribution in [3.8, 4) is 0 Å². The minimum absolute atomic E-state index is 0.163. The molecular weight excluding hydrogens is 641 g/mol. The van der Waals surface area contributed by atoms with Crippen LogP contribution in [-0.4, -0.2) is 83.3 Å². The quantitative estimate of drug-likeness (QED) is 0.241. The highest BCUT2D eigenvalue weighted by Gasteiger charge is 2.36. The third kappa shape index (κ3) is 6.90. The summed E-state index contributed by atoms with van der Waals surface area (Å²) in [6.45, 7) is 4.16. The summed E-state index contributed by atoms with van der Waals surface area (Å²) >= 11 is 4.84. The average Bonchev–Trinajstić information content (AvgIpc) is 3.53. The fourth-order valence-corrected chi connectivity index (χ4v) is 6.44. The van der Waals surface area contributed by atoms with Gasteiger partial charge in [0.2, 0.25) is 0 Å². The Kier molecular flexibility index (Phi) is 9.76. The summed E-state index contributed by atoms with van der Waals surface area (Å²) in [4.78, 5) is 50.2. The second kappa shape index (κ2) is 13.7. The molecule has 1 saturated heterocycles. The van der Waals surface area contributed by atoms with Crippen molar-refractivity contribution in [1.82, 2.24) is 20.1 Å². The van der Waals surface area contributed by atoms with E-state index in [-0.39, 0.29) is 6.61 Å². The first kappa shape index (κ1) is 30.7. The van der Waals surface area contributed by atoms with Gasteiger partial charge in [0.15, 0.2) is 10.8 Å². The number of carbonyl (C=O) groups is 3. The lowest BCUT2D eigenvalue weighted by Crippen LogP contribution is -2.51. The summed E-state index contributed by atoms with van der Waals surface area (Å²) < 4.78 is 19.9. The van der Waals surface area contributed by atoms with Crippen molar-refractivity contribution in [3.63, 3.8) is 0 Å². The van der Waals surface area contributed by atoms with Crippen LogP contribution in [0.25, 0.3) is 0 Å². The molecule has 224 valence electrons. The van der Waals surface area contributed by atoms with Gasteiger partial charge in [0.05, 0.1) is 12.2 Å². The zero-order valence-corrected chi connectivity index (χ0v) is 25.6. The van der Waals surface area contributed by atoms with Gasteiger partial charge in [0.1, 0.15) is 24.2 Å². The summed E-state index contributed by atoms with van der Waals surface area (Å²) in [6.07, 6.45) is 2.37. The van der Waals surface area contributed by atoms with Crippen LogP contribution in [0.1, 0.15) is 45.5 Å². The average molecular weight is 671 g/mol. The number of esters is 1. The normalized spacial score (nSPS) is 18.5. The molecule has 2 unspecified atom stereocenters. The fourth-order valence-electron chi connectivity index (χ4n) is 5.28. The molecule has 0 aliphatic carbocycles. The zero-order chi connectivity index (χ0) is 30.5. The number of hydrogen-bond donors (Lipinski definition) is 2. The van der Waals surface area contributed by atoms with Crippen LogP contribution in [0, 0.1) is 5.82 Å². The second-order valence-electron chi connectivity index (χ2n) is 9.96. The van der Waals surface area contributed by atoms with Crippen molar-refractivity contribution < 1.29 is 28.6 Å². The minimum Gasteiger partial charge on any atom is -0.480 e. The van der Waals surface area contributed by atoms with E-state index in [4.69, 9.17) is 9.73 Å². The summed E-state index contributed by atoms with van der Waals surface area (Å²) in [5, 5.41) is 15.8. The Balaban J connectivity index is 1.44. The monoisotopic (exact) mass is 669 g/mol. The molecule has 5 rings (SSSR count). The maximum Gasteiger partial charge on any atom is 0.338 e. The van der Waals surface area contributed by atoms with Crippen molar-refractivity contribution >= 4 is 51.3 Å². The van der Waals surface area contributed by atoms with Gasteiger partial charge in [-0.1, -0.05) is 40.2 Å². The number of halogens is 2. The second-order valence-corrected chi connectivity index (χ2v) is 11.7. The van der Waals surface area contributed by atoms with E-state index in [1.165, 1.54) is 23.5 Å². The van der Waals surface area contributed by atoms with Gasteiger partial charge in [-0.3, -0.25) is 24.4 Å². The Labute approximate surface area is 260 Å². The van der Waals surface area contributed by atoms with E-state index < -0.39 is 29.8 Å². The standard InChI is InChI=1S/C30H29BrFN5O5S/c1-2-42-30(41)24-23(34-27(28-33-8-13-43-28)35-25(24)21-7-6-20(32)15-22(21)31)16-36-9-11-37(12-10-36)26(29(39)40)19-5-3-4-18(14-19)17-38/h3-8,13-15,17,25-26H,2,9-12,16H2,1H3,(H,34,35)(H,39,40). The molecule has 10 nitrogen and oxygen atoms in total. The number of nitrogens with zero attached hydrogens (tertiary/aromatic N) is 4. The van der Waals surface area contributed by atoms with E-state index in [0.717, 1.165) is 0 Å². The van der Waals surface area contributed by atoms with Crippen LogP contribution in [0.5, 0.6) is 0 Å². The number of thiazole rings is 1. The van der Waals surface area contributed by atoms with Crippen LogP contribution >= 0.6 is 27.3 Å². The van der Waals surface area contributed by atoms with Crippen LogP contribution in [0.15, 0.2) is 74.8 Å². The number of benzene rings is 2. The van der Waals surface area contributed by atoms with E-state index in [1.807, 2.05) is 10.3 Å². The van der Waals surface area contributed by atoms with E-state index in [2.05, 4.69) is 31.1 Å². The number of amidine groups is 1. The Morgan fingerprint density at radius 1 is 1.23 bits per heavy atom. The molecule has 2 N–H and O–H groups in total. The van der Waals surface area contributed by atoms with Gasteiger partial charge in [-0.2, -0.15) is 0 Å². The van der Waals surface area contributed by atoms with Gasteiger partial charge < -0.3 is 15.2 Å². The molecule has 13 heteroatoms. The van der Waals surface area contributed by atoms with Crippen LogP contribution < -0.4 is 5.32 Å². The van der Waals surface area contributed by atoms with Crippen molar-refractivity contribution in [2.75, 3.05) is 39.3 Å². The number of piperazine rings is 1. The molecule has 3 heterocycles. The van der Waals surface area contributed by atoms with Crippen molar-refractivity contribution in [2.45, 2.75) is 19.0 Å². The van der Waals surface area contributed by atoms with Gasteiger partial charge in [-0.15, -0.1) is 11.3 Å². The van der Waals surface area contributed by atoms with Gasteiger partial charge in [0.25, 0.3) is 0 Å². The Morgan fingerprint density at radius 2 is 2.02 bits per heavy atom. The van der Waals surface area contributed by atoms with Gasteiger partial charge in [-0.05, 0) is 36.2 Å². The lowest BCUT2D eigenvalue weighted by molar-refractivity contribution is -0.144. The number of carbonyl (C=O) groups excluding carboxylic acids is 2. The summed E-state index contributed by atoms with van der Waals surface area (Å²) in [5.41, 5.74) is 2.46. The van der Waals surface area contributed by atoms with Crippen LogP contribution in [0.4, 0.5) is 4.39 Å². The molecule has 2 atom stereocenters. The van der Waals surface area contributed by atoms with Gasteiger partial charge >= 0.3 is 11.9 Å². The molecule has 0 saturated carbocycles. The Hall–Kier alpha value is -3.78. The van der Waals surface area contributed by atoms with Crippen LogP contribution in [-0.2, 0) is 14.3 Å². The number of nitrogens with one attached hydrogen (secondary N) is 1. The summed E-state index contributed by atoms with van der Waals surface area (Å²) in [5.74, 6) is -1.47. The topological polar surface area (TPSA) is 124 Å². The molecule has 2 aromatic carbocycles. The molecule has 1 aromatic heterocycles. The third-order valence-electron chi connectivity index (χ3n) is 7.26. The fraction of sp³-hybridized carbons (Fsp3) is 0.300. The number of aliphatic carboxylic acids is 1. The highest BCUT2D eigenvalue weighted by Crippen LogP contribution is 2.37. The lowest BCUT2D eigenvalue weighted by atomic mass is 9.95. The van der Waals surface area contributed by atoms with E-state index in [0.29, 0.717) is 82.3 Å². The minimum atomic E-state index is -0.991. The van der Waals surface area contributed by atoms with Crippen molar-refractivity contribution in [2.24, 2.45) is 4.99 Å². The third-order valence-corrected chi connectivity index (χ3v) is 8.73. The predicted molar refractivity (Wildman–Crippen MR) is 163 cm³/mol. The number of hydrogen-bond acceptors (Lipinski definition) is 10.